The zero-order valence-electron chi connectivity index (χ0n) is 9.62. The first-order valence-corrected chi connectivity index (χ1v) is 6.65. The predicted molar refractivity (Wildman–Crippen MR) is 72.5 cm³/mol. The van der Waals surface area contributed by atoms with Crippen molar-refractivity contribution in [3.63, 3.8) is 0 Å². The number of aromatic amines is 1. The average molecular weight is 314 g/mol. The number of halogens is 3. The number of H-pyrrole nitrogens is 1. The van der Waals surface area contributed by atoms with Gasteiger partial charge in [-0.1, -0.05) is 0 Å². The van der Waals surface area contributed by atoms with Gasteiger partial charge in [0.2, 0.25) is 0 Å². The maximum Gasteiger partial charge on any atom is 0.276 e. The molecular weight excluding hydrogens is 309 g/mol. The largest absolute Gasteiger partial charge is 0.331 e. The number of nitrogens with one attached hydrogen (secondary N) is 1. The summed E-state index contributed by atoms with van der Waals surface area (Å²) in [7, 11) is 0. The maximum atomic E-state index is 13.3. The van der Waals surface area contributed by atoms with E-state index in [1.54, 1.807) is 11.4 Å². The molecule has 0 aliphatic rings. The summed E-state index contributed by atoms with van der Waals surface area (Å²) in [5.41, 5.74) is -0.128. The van der Waals surface area contributed by atoms with Gasteiger partial charge >= 0.3 is 0 Å². The van der Waals surface area contributed by atoms with Crippen LogP contribution in [-0.2, 0) is 0 Å². The highest BCUT2D eigenvalue weighted by Gasteiger charge is 2.14. The van der Waals surface area contributed by atoms with Crippen LogP contribution in [0, 0.1) is 22.2 Å². The van der Waals surface area contributed by atoms with Crippen LogP contribution in [0.3, 0.4) is 0 Å². The molecule has 3 rings (SSSR count). The molecule has 0 radical (unpaired) electrons. The summed E-state index contributed by atoms with van der Waals surface area (Å²) in [5.74, 6) is -4.35. The minimum absolute atomic E-state index is 0.0219. The van der Waals surface area contributed by atoms with Crippen molar-refractivity contribution in [2.45, 2.75) is 0 Å². The van der Waals surface area contributed by atoms with E-state index < -0.39 is 23.0 Å². The summed E-state index contributed by atoms with van der Waals surface area (Å²) in [6, 6.07) is 3.12. The Bertz CT molecular complexity index is 919. The van der Waals surface area contributed by atoms with E-state index in [-0.39, 0.29) is 10.5 Å². The summed E-state index contributed by atoms with van der Waals surface area (Å²) in [6.07, 6.45) is 0. The average Bonchev–Trinajstić information content (AvgIpc) is 2.84. The first-order valence-electron chi connectivity index (χ1n) is 5.36. The molecule has 0 spiro atoms. The Labute approximate surface area is 118 Å². The standard InChI is InChI=1S/C12H5F3N2OS2/c13-6-3-5(4-7(14)9(6)15)17-11(18)10-8(1-2-20-10)16-12(17)19/h1-4H,(H,16,19). The van der Waals surface area contributed by atoms with Crippen LogP contribution in [0.5, 0.6) is 0 Å². The topological polar surface area (TPSA) is 37.8 Å². The van der Waals surface area contributed by atoms with Crippen molar-refractivity contribution in [2.24, 2.45) is 0 Å². The molecule has 3 aromatic rings. The molecule has 0 amide bonds. The Morgan fingerprint density at radius 2 is 1.85 bits per heavy atom. The van der Waals surface area contributed by atoms with Gasteiger partial charge in [-0.3, -0.25) is 9.36 Å². The van der Waals surface area contributed by atoms with Gasteiger partial charge in [0.15, 0.2) is 22.2 Å². The number of rotatable bonds is 1. The monoisotopic (exact) mass is 314 g/mol. The number of benzene rings is 1. The highest BCUT2D eigenvalue weighted by atomic mass is 32.1. The molecule has 1 N–H and O–H groups in total. The number of aromatic nitrogens is 2. The van der Waals surface area contributed by atoms with Crippen LogP contribution >= 0.6 is 23.6 Å². The molecule has 0 unspecified atom stereocenters. The van der Waals surface area contributed by atoms with Gasteiger partial charge in [0.25, 0.3) is 5.56 Å². The third-order valence-electron chi connectivity index (χ3n) is 2.73. The van der Waals surface area contributed by atoms with Gasteiger partial charge in [0.05, 0.1) is 11.2 Å². The summed E-state index contributed by atoms with van der Waals surface area (Å²) < 4.78 is 40.8. The van der Waals surface area contributed by atoms with Crippen molar-refractivity contribution in [3.8, 4) is 5.69 Å². The van der Waals surface area contributed by atoms with Gasteiger partial charge in [-0.25, -0.2) is 13.2 Å². The second-order valence-corrected chi connectivity index (χ2v) is 5.26. The quantitative estimate of drug-likeness (QED) is 0.551. The Kier molecular flexibility index (Phi) is 2.98. The van der Waals surface area contributed by atoms with Crippen molar-refractivity contribution in [2.75, 3.05) is 0 Å². The van der Waals surface area contributed by atoms with Gasteiger partial charge in [-0.2, -0.15) is 0 Å². The van der Waals surface area contributed by atoms with E-state index in [4.69, 9.17) is 12.2 Å². The van der Waals surface area contributed by atoms with Crippen LogP contribution in [0.4, 0.5) is 13.2 Å². The van der Waals surface area contributed by atoms with Crippen LogP contribution < -0.4 is 5.56 Å². The molecule has 1 aromatic carbocycles. The Morgan fingerprint density at radius 1 is 1.20 bits per heavy atom. The molecule has 0 aliphatic carbocycles. The van der Waals surface area contributed by atoms with Gasteiger partial charge < -0.3 is 4.98 Å². The molecule has 3 nitrogen and oxygen atoms in total. The van der Waals surface area contributed by atoms with Crippen LogP contribution in [0.25, 0.3) is 15.9 Å². The van der Waals surface area contributed by atoms with Crippen LogP contribution in [0.1, 0.15) is 0 Å². The molecule has 0 bridgehead atoms. The third-order valence-corrected chi connectivity index (χ3v) is 3.92. The molecule has 0 saturated heterocycles. The molecule has 0 aliphatic heterocycles. The second-order valence-electron chi connectivity index (χ2n) is 3.96. The number of hydrogen-bond donors (Lipinski definition) is 1. The van der Waals surface area contributed by atoms with Crippen molar-refractivity contribution < 1.29 is 13.2 Å². The van der Waals surface area contributed by atoms with Gasteiger partial charge in [0, 0.05) is 12.1 Å². The fraction of sp³-hybridized carbons (Fsp3) is 0. The van der Waals surface area contributed by atoms with Crippen LogP contribution in [0.2, 0.25) is 0 Å². The molecule has 20 heavy (non-hydrogen) atoms. The van der Waals surface area contributed by atoms with Crippen molar-refractivity contribution in [3.05, 3.63) is 56.2 Å². The van der Waals surface area contributed by atoms with Crippen molar-refractivity contribution in [1.29, 1.82) is 0 Å². The minimum Gasteiger partial charge on any atom is -0.331 e. The predicted octanol–water partition coefficient (Wildman–Crippen LogP) is 3.53. The molecule has 0 atom stereocenters. The summed E-state index contributed by atoms with van der Waals surface area (Å²) in [6.45, 7) is 0. The van der Waals surface area contributed by atoms with Crippen molar-refractivity contribution >= 4 is 33.8 Å². The Balaban J connectivity index is 2.40. The van der Waals surface area contributed by atoms with E-state index in [1.165, 1.54) is 11.3 Å². The fourth-order valence-corrected chi connectivity index (χ4v) is 2.92. The zero-order chi connectivity index (χ0) is 14.4. The Morgan fingerprint density at radius 3 is 2.50 bits per heavy atom. The highest BCUT2D eigenvalue weighted by Crippen LogP contribution is 2.19. The lowest BCUT2D eigenvalue weighted by Gasteiger charge is -2.07. The third kappa shape index (κ3) is 1.88. The van der Waals surface area contributed by atoms with Crippen molar-refractivity contribution in [1.82, 2.24) is 9.55 Å². The second kappa shape index (κ2) is 4.57. The van der Waals surface area contributed by atoms with E-state index in [0.717, 1.165) is 16.7 Å². The number of thiophene rings is 1. The first kappa shape index (κ1) is 13.1. The smallest absolute Gasteiger partial charge is 0.276 e. The SMILES string of the molecule is O=c1c2sccc2[nH]c(=S)n1-c1cc(F)c(F)c(F)c1. The molecule has 2 aromatic heterocycles. The lowest BCUT2D eigenvalue weighted by atomic mass is 10.3. The lowest BCUT2D eigenvalue weighted by Crippen LogP contribution is -2.20. The van der Waals surface area contributed by atoms with Crippen LogP contribution in [0.15, 0.2) is 28.4 Å². The summed E-state index contributed by atoms with van der Waals surface area (Å²) >= 11 is 6.18. The maximum absolute atomic E-state index is 13.3. The zero-order valence-corrected chi connectivity index (χ0v) is 11.2. The normalized spacial score (nSPS) is 11.2. The van der Waals surface area contributed by atoms with E-state index >= 15 is 0 Å². The van der Waals surface area contributed by atoms with E-state index in [1.807, 2.05) is 0 Å². The fourth-order valence-electron chi connectivity index (χ4n) is 1.84. The van der Waals surface area contributed by atoms with Gasteiger partial charge in [-0.05, 0) is 23.7 Å². The highest BCUT2D eigenvalue weighted by molar-refractivity contribution is 7.71. The van der Waals surface area contributed by atoms with E-state index in [9.17, 15) is 18.0 Å². The van der Waals surface area contributed by atoms with Crippen LogP contribution in [-0.4, -0.2) is 9.55 Å². The van der Waals surface area contributed by atoms with Gasteiger partial charge in [0.1, 0.15) is 4.70 Å². The van der Waals surface area contributed by atoms with Gasteiger partial charge in [-0.15, -0.1) is 11.3 Å². The molecule has 102 valence electrons. The molecule has 0 fully saturated rings. The van der Waals surface area contributed by atoms with E-state index in [2.05, 4.69) is 4.98 Å². The number of hydrogen-bond acceptors (Lipinski definition) is 3. The number of nitrogens with zero attached hydrogens (tertiary/aromatic N) is 1. The minimum atomic E-state index is -1.59. The molecular formula is C12H5F3N2OS2. The summed E-state index contributed by atoms with van der Waals surface area (Å²) in [4.78, 5) is 15.0. The van der Waals surface area contributed by atoms with E-state index in [0.29, 0.717) is 10.2 Å². The lowest BCUT2D eigenvalue weighted by molar-refractivity contribution is 0.446. The molecule has 2 heterocycles. The Hall–Kier alpha value is -1.93. The summed E-state index contributed by atoms with van der Waals surface area (Å²) in [5, 5.41) is 1.69. The first-order chi connectivity index (χ1) is 9.49. The molecule has 8 heteroatoms. The molecule has 0 saturated carbocycles. The number of fused-ring (bicyclic) bond motifs is 1.